The van der Waals surface area contributed by atoms with Gasteiger partial charge in [0.1, 0.15) is 0 Å². The summed E-state index contributed by atoms with van der Waals surface area (Å²) in [5.41, 5.74) is 0. The molecule has 0 saturated heterocycles. The predicted molar refractivity (Wildman–Crippen MR) is 28.4 cm³/mol. The van der Waals surface area contributed by atoms with Crippen molar-refractivity contribution in [1.29, 1.82) is 0 Å². The molecule has 0 saturated carbocycles. The number of halogens is 2. The summed E-state index contributed by atoms with van der Waals surface area (Å²) in [6.07, 6.45) is -2.53. The number of aromatic nitrogens is 3. The highest BCUT2D eigenvalue weighted by Crippen LogP contribution is 2.02. The van der Waals surface area contributed by atoms with Crippen molar-refractivity contribution in [3.05, 3.63) is 12.2 Å². The summed E-state index contributed by atoms with van der Waals surface area (Å²) in [4.78, 5) is 8.53. The molecule has 1 rings (SSSR count). The molecule has 6 nitrogen and oxygen atoms in total. The van der Waals surface area contributed by atoms with Crippen molar-refractivity contribution >= 4 is 5.95 Å². The summed E-state index contributed by atoms with van der Waals surface area (Å²) in [7, 11) is 0. The van der Waals surface area contributed by atoms with E-state index >= 15 is 0 Å². The van der Waals surface area contributed by atoms with Crippen molar-refractivity contribution in [1.82, 2.24) is 15.0 Å². The maximum absolute atomic E-state index is 12.1. The molecule has 1 aromatic rings. The summed E-state index contributed by atoms with van der Waals surface area (Å²) < 4.78 is 24.2. The van der Waals surface area contributed by atoms with Gasteiger partial charge in [-0.15, -0.1) is 0 Å². The molecule has 0 spiro atoms. The Bertz CT molecular complexity index is 265. The van der Waals surface area contributed by atoms with Crippen molar-refractivity contribution in [2.45, 2.75) is 0 Å². The molecule has 8 heteroatoms. The van der Waals surface area contributed by atoms with Crippen molar-refractivity contribution in [3.63, 3.8) is 0 Å². The first-order valence-electron chi connectivity index (χ1n) is 2.40. The van der Waals surface area contributed by atoms with Gasteiger partial charge in [-0.3, -0.25) is 0 Å². The van der Waals surface area contributed by atoms with Crippen molar-refractivity contribution in [2.75, 3.05) is 0 Å². The normalized spacial score (nSPS) is 10.7. The van der Waals surface area contributed by atoms with Gasteiger partial charge in [0.25, 0.3) is 5.95 Å². The third-order valence-electron chi connectivity index (χ3n) is 0.716. The predicted octanol–water partition coefficient (Wildman–Crippen LogP) is 0.107. The molecular formula is C3H2F2N6. The van der Waals surface area contributed by atoms with E-state index in [1.54, 1.807) is 0 Å². The molecule has 0 bridgehead atoms. The molecule has 0 aliphatic carbocycles. The Kier molecular flexibility index (Phi) is 1.95. The molecule has 0 amide bonds. The Labute approximate surface area is 59.2 Å². The van der Waals surface area contributed by atoms with E-state index in [1.165, 1.54) is 0 Å². The fourth-order valence-corrected chi connectivity index (χ4v) is 0.413. The van der Waals surface area contributed by atoms with Gasteiger partial charge in [-0.1, -0.05) is 10.3 Å². The van der Waals surface area contributed by atoms with E-state index in [4.69, 9.17) is 0 Å². The fourth-order valence-electron chi connectivity index (χ4n) is 0.413. The van der Waals surface area contributed by atoms with Crippen LogP contribution in [0.1, 0.15) is 0 Å². The topological polar surface area (TPSA) is 89.4 Å². The zero-order valence-corrected chi connectivity index (χ0v) is 5.07. The second-order valence-electron chi connectivity index (χ2n) is 1.39. The summed E-state index contributed by atoms with van der Waals surface area (Å²) in [5.74, 6) is 4.07. The summed E-state index contributed by atoms with van der Waals surface area (Å²) in [6, 6.07) is 0. The monoisotopic (exact) mass is 160 g/mol. The van der Waals surface area contributed by atoms with Crippen molar-refractivity contribution in [3.8, 4) is 0 Å². The Hall–Kier alpha value is -1.73. The minimum atomic E-state index is -1.26. The lowest BCUT2D eigenvalue weighted by molar-refractivity contribution is 0.456. The van der Waals surface area contributed by atoms with E-state index in [1.807, 2.05) is 0 Å². The minimum absolute atomic E-state index is 0.502. The Morgan fingerprint density at radius 2 is 1.64 bits per heavy atom. The van der Waals surface area contributed by atoms with Crippen LogP contribution in [-0.4, -0.2) is 15.0 Å². The molecular weight excluding hydrogens is 158 g/mol. The zero-order valence-electron chi connectivity index (χ0n) is 5.07. The van der Waals surface area contributed by atoms with Gasteiger partial charge in [0.05, 0.1) is 0 Å². The van der Waals surface area contributed by atoms with Crippen LogP contribution in [0.25, 0.3) is 0 Å². The number of nitrogens with two attached hydrogens (primary N) is 1. The maximum atomic E-state index is 12.1. The van der Waals surface area contributed by atoms with Crippen LogP contribution in [0, 0.1) is 12.2 Å². The van der Waals surface area contributed by atoms with Crippen molar-refractivity contribution < 1.29 is 8.78 Å². The van der Waals surface area contributed by atoms with Gasteiger partial charge in [-0.2, -0.15) is 23.7 Å². The first kappa shape index (κ1) is 7.38. The Balaban J connectivity index is 3.08. The van der Waals surface area contributed by atoms with Crippen LogP contribution in [0.4, 0.5) is 14.7 Å². The van der Waals surface area contributed by atoms with Gasteiger partial charge in [-0.25, -0.2) is 0 Å². The van der Waals surface area contributed by atoms with Crippen LogP contribution < -0.4 is 5.84 Å². The molecule has 0 aromatic carbocycles. The lowest BCUT2D eigenvalue weighted by Crippen LogP contribution is -1.96. The van der Waals surface area contributed by atoms with Crippen LogP contribution in [0.3, 0.4) is 0 Å². The van der Waals surface area contributed by atoms with E-state index in [9.17, 15) is 8.78 Å². The fraction of sp³-hybridized carbons (Fsp3) is 0. The Morgan fingerprint density at radius 1 is 1.09 bits per heavy atom. The molecule has 58 valence electrons. The second-order valence-corrected chi connectivity index (χ2v) is 1.39. The van der Waals surface area contributed by atoms with Crippen LogP contribution in [0.5, 0.6) is 0 Å². The standard InChI is InChI=1S/C3H2F2N6/c4-1-7-2(5)9-3(8-1)10-11-6/h(H2,6,7,8,9,10). The molecule has 1 heterocycles. The molecule has 11 heavy (non-hydrogen) atoms. The summed E-state index contributed by atoms with van der Waals surface area (Å²) >= 11 is 0. The lowest BCUT2D eigenvalue weighted by Gasteiger charge is -1.88. The molecule has 0 atom stereocenters. The molecule has 0 aliphatic heterocycles. The molecule has 0 aliphatic rings. The first-order chi connectivity index (χ1) is 5.22. The average molecular weight is 160 g/mol. The molecule has 0 radical (unpaired) electrons. The SMILES string of the molecule is NN=Nc1nc(F)nc(F)n1. The van der Waals surface area contributed by atoms with E-state index in [2.05, 4.69) is 31.1 Å². The van der Waals surface area contributed by atoms with Crippen LogP contribution in [-0.2, 0) is 0 Å². The molecule has 0 unspecified atom stereocenters. The van der Waals surface area contributed by atoms with Gasteiger partial charge in [0, 0.05) is 0 Å². The zero-order chi connectivity index (χ0) is 8.27. The van der Waals surface area contributed by atoms with Crippen LogP contribution >= 0.6 is 0 Å². The van der Waals surface area contributed by atoms with E-state index in [0.717, 1.165) is 0 Å². The smallest absolute Gasteiger partial charge is 0.304 e. The van der Waals surface area contributed by atoms with Gasteiger partial charge in [-0.05, 0) is 0 Å². The lowest BCUT2D eigenvalue weighted by atomic mass is 10.9. The average Bonchev–Trinajstić information content (AvgIpc) is 1.85. The van der Waals surface area contributed by atoms with E-state index in [-0.39, 0.29) is 0 Å². The number of rotatable bonds is 1. The molecule has 2 N–H and O–H groups in total. The highest BCUT2D eigenvalue weighted by Gasteiger charge is 2.02. The Morgan fingerprint density at radius 3 is 2.09 bits per heavy atom. The second kappa shape index (κ2) is 2.90. The van der Waals surface area contributed by atoms with Gasteiger partial charge in [0.15, 0.2) is 0 Å². The number of hydrogen-bond donors (Lipinski definition) is 1. The van der Waals surface area contributed by atoms with Gasteiger partial charge >= 0.3 is 12.2 Å². The van der Waals surface area contributed by atoms with E-state index < -0.39 is 18.1 Å². The minimum Gasteiger partial charge on any atom is -0.304 e. The maximum Gasteiger partial charge on any atom is 0.315 e. The summed E-state index contributed by atoms with van der Waals surface area (Å²) in [6.45, 7) is 0. The third-order valence-corrected chi connectivity index (χ3v) is 0.716. The third kappa shape index (κ3) is 1.85. The highest BCUT2D eigenvalue weighted by molar-refractivity contribution is 5.07. The van der Waals surface area contributed by atoms with Crippen molar-refractivity contribution in [2.24, 2.45) is 16.2 Å². The molecule has 0 fully saturated rings. The van der Waals surface area contributed by atoms with Crippen LogP contribution in [0.2, 0.25) is 0 Å². The first-order valence-corrected chi connectivity index (χ1v) is 2.40. The van der Waals surface area contributed by atoms with E-state index in [0.29, 0.717) is 0 Å². The summed E-state index contributed by atoms with van der Waals surface area (Å²) in [5, 5.41) is 5.72. The number of nitrogens with zero attached hydrogens (tertiary/aromatic N) is 5. The largest absolute Gasteiger partial charge is 0.315 e. The highest BCUT2D eigenvalue weighted by atomic mass is 19.1. The number of hydrogen-bond acceptors (Lipinski definition) is 5. The van der Waals surface area contributed by atoms with Gasteiger partial charge < -0.3 is 5.84 Å². The quantitative estimate of drug-likeness (QED) is 0.358. The molecule has 1 aromatic heterocycles. The van der Waals surface area contributed by atoms with Crippen LogP contribution in [0.15, 0.2) is 10.3 Å². The van der Waals surface area contributed by atoms with Gasteiger partial charge in [0.2, 0.25) is 0 Å².